The van der Waals surface area contributed by atoms with E-state index in [0.717, 1.165) is 0 Å². The molecule has 0 fully saturated rings. The molecule has 1 heterocycles. The number of nitrogens with zero attached hydrogens (tertiary/aromatic N) is 2. The average Bonchev–Trinajstić information content (AvgIpc) is 2.05. The second kappa shape index (κ2) is 4.91. The molecule has 0 N–H and O–H groups in total. The number of carboxylic acid groups (broad SMARTS) is 1. The Labute approximate surface area is 82.2 Å². The van der Waals surface area contributed by atoms with Gasteiger partial charge in [-0.15, -0.1) is 0 Å². The number of aliphatic carboxylic acids is 1. The van der Waals surface area contributed by atoms with Gasteiger partial charge in [0.25, 0.3) is 0 Å². The van der Waals surface area contributed by atoms with Gasteiger partial charge in [-0.25, -0.2) is 9.97 Å². The van der Waals surface area contributed by atoms with Crippen LogP contribution >= 0.6 is 0 Å². The molecular formula is C7H7LiN2O2. The summed E-state index contributed by atoms with van der Waals surface area (Å²) in [6, 6.07) is 1.63. The zero-order valence-corrected chi connectivity index (χ0v) is 7.02. The van der Waals surface area contributed by atoms with Crippen LogP contribution in [0.4, 0.5) is 0 Å². The Balaban J connectivity index is 0.00000121. The summed E-state index contributed by atoms with van der Waals surface area (Å²) in [5.74, 6) is -1.61. The Morgan fingerprint density at radius 3 is 2.42 bits per heavy atom. The van der Waals surface area contributed by atoms with E-state index in [1.54, 1.807) is 6.07 Å². The van der Waals surface area contributed by atoms with E-state index >= 15 is 0 Å². The van der Waals surface area contributed by atoms with E-state index in [2.05, 4.69) is 9.97 Å². The smallest absolute Gasteiger partial charge is 0.549 e. The van der Waals surface area contributed by atoms with Gasteiger partial charge in [0.1, 0.15) is 5.82 Å². The molecule has 1 atom stereocenters. The second-order valence-electron chi connectivity index (χ2n) is 2.15. The molecule has 1 aromatic heterocycles. The molecule has 0 bridgehead atoms. The van der Waals surface area contributed by atoms with Gasteiger partial charge in [-0.05, 0) is 13.0 Å². The molecule has 1 aromatic rings. The van der Waals surface area contributed by atoms with Gasteiger partial charge < -0.3 is 9.90 Å². The second-order valence-corrected chi connectivity index (χ2v) is 2.15. The topological polar surface area (TPSA) is 65.9 Å². The number of carbonyl (C=O) groups is 1. The van der Waals surface area contributed by atoms with Crippen molar-refractivity contribution in [1.29, 1.82) is 0 Å². The summed E-state index contributed by atoms with van der Waals surface area (Å²) in [5, 5.41) is 10.3. The third-order valence-corrected chi connectivity index (χ3v) is 1.33. The molecule has 12 heavy (non-hydrogen) atoms. The van der Waals surface area contributed by atoms with Gasteiger partial charge >= 0.3 is 18.9 Å². The molecule has 0 spiro atoms. The van der Waals surface area contributed by atoms with Gasteiger partial charge in [-0.2, -0.15) is 0 Å². The van der Waals surface area contributed by atoms with Crippen molar-refractivity contribution in [2.45, 2.75) is 12.8 Å². The monoisotopic (exact) mass is 158 g/mol. The first kappa shape index (κ1) is 11.1. The number of hydrogen-bond donors (Lipinski definition) is 0. The van der Waals surface area contributed by atoms with E-state index in [4.69, 9.17) is 0 Å². The van der Waals surface area contributed by atoms with Crippen molar-refractivity contribution in [3.05, 3.63) is 24.3 Å². The molecule has 1 unspecified atom stereocenters. The Hall–Kier alpha value is -0.853. The maximum atomic E-state index is 10.3. The number of carboxylic acids is 1. The number of hydrogen-bond acceptors (Lipinski definition) is 4. The fourth-order valence-corrected chi connectivity index (χ4v) is 0.640. The molecule has 58 valence electrons. The van der Waals surface area contributed by atoms with Crippen LogP contribution in [0, 0.1) is 0 Å². The molecule has 0 saturated carbocycles. The maximum absolute atomic E-state index is 10.3. The molecule has 0 aliphatic carbocycles. The van der Waals surface area contributed by atoms with E-state index in [1.165, 1.54) is 19.3 Å². The van der Waals surface area contributed by atoms with Crippen molar-refractivity contribution in [2.75, 3.05) is 0 Å². The molecule has 0 saturated heterocycles. The Kier molecular flexibility index (Phi) is 4.56. The van der Waals surface area contributed by atoms with Crippen LogP contribution in [0.3, 0.4) is 0 Å². The number of rotatable bonds is 2. The third kappa shape index (κ3) is 2.65. The fourth-order valence-electron chi connectivity index (χ4n) is 0.640. The van der Waals surface area contributed by atoms with Gasteiger partial charge in [-0.1, -0.05) is 0 Å². The van der Waals surface area contributed by atoms with Crippen LogP contribution in [-0.2, 0) is 4.79 Å². The standard InChI is InChI=1S/C7H8N2O2.Li/c1-5(7(10)11)6-8-3-2-4-9-6;/h2-5H,1H3,(H,10,11);/q;+1/p-1. The van der Waals surface area contributed by atoms with E-state index in [9.17, 15) is 9.90 Å². The van der Waals surface area contributed by atoms with Crippen LogP contribution < -0.4 is 24.0 Å². The number of carbonyl (C=O) groups excluding carboxylic acids is 1. The number of aromatic nitrogens is 2. The van der Waals surface area contributed by atoms with Gasteiger partial charge in [-0.3, -0.25) is 0 Å². The van der Waals surface area contributed by atoms with Crippen LogP contribution in [-0.4, -0.2) is 15.9 Å². The minimum Gasteiger partial charge on any atom is -0.549 e. The van der Waals surface area contributed by atoms with Crippen molar-refractivity contribution in [2.24, 2.45) is 0 Å². The van der Waals surface area contributed by atoms with E-state index in [1.807, 2.05) is 0 Å². The molecular weight excluding hydrogens is 151 g/mol. The van der Waals surface area contributed by atoms with Crippen molar-refractivity contribution in [3.63, 3.8) is 0 Å². The van der Waals surface area contributed by atoms with Crippen molar-refractivity contribution >= 4 is 5.97 Å². The zero-order valence-electron chi connectivity index (χ0n) is 7.02. The van der Waals surface area contributed by atoms with Crippen molar-refractivity contribution in [1.82, 2.24) is 9.97 Å². The predicted molar refractivity (Wildman–Crippen MR) is 35.5 cm³/mol. The van der Waals surface area contributed by atoms with Gasteiger partial charge in [0.05, 0.1) is 11.9 Å². The maximum Gasteiger partial charge on any atom is 1.00 e. The zero-order chi connectivity index (χ0) is 8.27. The van der Waals surface area contributed by atoms with Crippen LogP contribution in [0.5, 0.6) is 0 Å². The molecule has 0 aliphatic rings. The van der Waals surface area contributed by atoms with Gasteiger partial charge in [0.15, 0.2) is 0 Å². The average molecular weight is 158 g/mol. The summed E-state index contributed by atoms with van der Waals surface area (Å²) in [6.07, 6.45) is 3.00. The van der Waals surface area contributed by atoms with E-state index < -0.39 is 11.9 Å². The van der Waals surface area contributed by atoms with Crippen molar-refractivity contribution < 1.29 is 28.8 Å². The van der Waals surface area contributed by atoms with Crippen LogP contribution in [0.2, 0.25) is 0 Å². The Morgan fingerprint density at radius 1 is 1.50 bits per heavy atom. The van der Waals surface area contributed by atoms with Crippen LogP contribution in [0.15, 0.2) is 18.5 Å². The van der Waals surface area contributed by atoms with Crippen molar-refractivity contribution in [3.8, 4) is 0 Å². The Bertz CT molecular complexity index is 253. The largest absolute Gasteiger partial charge is 1.00 e. The van der Waals surface area contributed by atoms with E-state index in [0.29, 0.717) is 0 Å². The molecule has 4 nitrogen and oxygen atoms in total. The summed E-state index contributed by atoms with van der Waals surface area (Å²) in [6.45, 7) is 1.49. The third-order valence-electron chi connectivity index (χ3n) is 1.33. The van der Waals surface area contributed by atoms with E-state index in [-0.39, 0.29) is 24.7 Å². The summed E-state index contributed by atoms with van der Waals surface area (Å²) < 4.78 is 0. The quantitative estimate of drug-likeness (QED) is 0.416. The van der Waals surface area contributed by atoms with Crippen LogP contribution in [0.25, 0.3) is 0 Å². The molecule has 1 rings (SSSR count). The molecule has 0 radical (unpaired) electrons. The van der Waals surface area contributed by atoms with Gasteiger partial charge in [0, 0.05) is 12.4 Å². The summed E-state index contributed by atoms with van der Waals surface area (Å²) in [4.78, 5) is 17.8. The molecule has 5 heteroatoms. The first-order chi connectivity index (χ1) is 5.22. The summed E-state index contributed by atoms with van der Waals surface area (Å²) in [7, 11) is 0. The SMILES string of the molecule is CC(C(=O)[O-])c1ncccn1.[Li+]. The first-order valence-corrected chi connectivity index (χ1v) is 3.19. The fraction of sp³-hybridized carbons (Fsp3) is 0.286. The van der Waals surface area contributed by atoms with Crippen LogP contribution in [0.1, 0.15) is 18.7 Å². The molecule has 0 aromatic carbocycles. The predicted octanol–water partition coefficient (Wildman–Crippen LogP) is -3.67. The van der Waals surface area contributed by atoms with Gasteiger partial charge in [0.2, 0.25) is 0 Å². The minimum absolute atomic E-state index is 0. The summed E-state index contributed by atoms with van der Waals surface area (Å²) in [5.41, 5.74) is 0. The minimum atomic E-state index is -1.16. The molecule has 0 amide bonds. The Morgan fingerprint density at radius 2 is 2.00 bits per heavy atom. The first-order valence-electron chi connectivity index (χ1n) is 3.19. The summed E-state index contributed by atoms with van der Waals surface area (Å²) >= 11 is 0. The normalized spacial score (nSPS) is 11.4. The molecule has 0 aliphatic heterocycles.